The molecule has 0 bridgehead atoms. The second-order valence-corrected chi connectivity index (χ2v) is 12.0. The molecule has 28 heavy (non-hydrogen) atoms. The number of rotatable bonds is 5. The van der Waals surface area contributed by atoms with Crippen LogP contribution < -0.4 is 0 Å². The van der Waals surface area contributed by atoms with Crippen molar-refractivity contribution in [2.24, 2.45) is 0 Å². The van der Waals surface area contributed by atoms with E-state index in [0.717, 1.165) is 11.1 Å². The van der Waals surface area contributed by atoms with Crippen molar-refractivity contribution in [3.63, 3.8) is 0 Å². The standard InChI is InChI=1S/C21H19ClO4S2/c1-16-8-12-19(13-9-16)27(23,24)21(22,18-6-4-3-5-7-18)28(25,26)20-14-10-17(2)11-15-20/h3-15H,1-2H3. The Morgan fingerprint density at radius 2 is 0.964 bits per heavy atom. The van der Waals surface area contributed by atoms with E-state index in [2.05, 4.69) is 0 Å². The van der Waals surface area contributed by atoms with Gasteiger partial charge in [-0.3, -0.25) is 0 Å². The van der Waals surface area contributed by atoms with Crippen LogP contribution in [0, 0.1) is 13.8 Å². The van der Waals surface area contributed by atoms with Crippen molar-refractivity contribution in [2.75, 3.05) is 0 Å². The summed E-state index contributed by atoms with van der Waals surface area (Å²) in [7, 11) is -9.02. The Kier molecular flexibility index (Phi) is 5.40. The van der Waals surface area contributed by atoms with Gasteiger partial charge in [0.15, 0.2) is 0 Å². The summed E-state index contributed by atoms with van der Waals surface area (Å²) >= 11 is 6.62. The highest BCUT2D eigenvalue weighted by Gasteiger charge is 2.56. The monoisotopic (exact) mass is 434 g/mol. The molecule has 0 atom stereocenters. The first-order valence-electron chi connectivity index (χ1n) is 8.48. The van der Waals surface area contributed by atoms with Crippen LogP contribution in [-0.2, 0) is 23.2 Å². The molecule has 0 aliphatic heterocycles. The summed E-state index contributed by atoms with van der Waals surface area (Å²) in [5.41, 5.74) is 1.67. The molecular weight excluding hydrogens is 416 g/mol. The van der Waals surface area contributed by atoms with Crippen LogP contribution in [0.2, 0.25) is 0 Å². The number of aryl methyl sites for hydroxylation is 2. The number of hydrogen-bond acceptors (Lipinski definition) is 4. The van der Waals surface area contributed by atoms with Gasteiger partial charge in [0.2, 0.25) is 19.7 Å². The number of benzene rings is 3. The van der Waals surface area contributed by atoms with E-state index < -0.39 is 23.2 Å². The lowest BCUT2D eigenvalue weighted by Gasteiger charge is -2.27. The molecule has 0 aromatic heterocycles. The van der Waals surface area contributed by atoms with Gasteiger partial charge in [0, 0.05) is 5.56 Å². The molecule has 0 fully saturated rings. The Morgan fingerprint density at radius 1 is 0.607 bits per heavy atom. The number of halogens is 1. The highest BCUT2D eigenvalue weighted by atomic mass is 35.5. The number of hydrogen-bond donors (Lipinski definition) is 0. The minimum atomic E-state index is -4.51. The van der Waals surface area contributed by atoms with Crippen molar-refractivity contribution in [1.29, 1.82) is 0 Å². The third-order valence-electron chi connectivity index (χ3n) is 4.47. The number of sulfone groups is 2. The van der Waals surface area contributed by atoms with E-state index in [-0.39, 0.29) is 15.4 Å². The van der Waals surface area contributed by atoms with E-state index in [4.69, 9.17) is 11.6 Å². The highest BCUT2D eigenvalue weighted by Crippen LogP contribution is 2.47. The molecule has 0 spiro atoms. The minimum absolute atomic E-state index is 0.0298. The Hall–Kier alpha value is -2.15. The largest absolute Gasteiger partial charge is 0.279 e. The summed E-state index contributed by atoms with van der Waals surface area (Å²) < 4.78 is 51.5. The van der Waals surface area contributed by atoms with Crippen molar-refractivity contribution < 1.29 is 16.8 Å². The molecule has 146 valence electrons. The summed E-state index contributed by atoms with van der Waals surface area (Å²) in [5.74, 6) is 0. The van der Waals surface area contributed by atoms with Crippen molar-refractivity contribution in [3.05, 3.63) is 95.6 Å². The maximum Gasteiger partial charge on any atom is 0.279 e. The van der Waals surface area contributed by atoms with Gasteiger partial charge in [0.25, 0.3) is 3.54 Å². The van der Waals surface area contributed by atoms with Crippen molar-refractivity contribution in [3.8, 4) is 0 Å². The highest BCUT2D eigenvalue weighted by molar-refractivity contribution is 8.11. The zero-order chi connectivity index (χ0) is 20.6. The second-order valence-electron chi connectivity index (χ2n) is 6.54. The molecule has 0 amide bonds. The predicted molar refractivity (Wildman–Crippen MR) is 111 cm³/mol. The molecule has 0 N–H and O–H groups in total. The molecule has 0 heterocycles. The Labute approximate surface area is 170 Å². The fraction of sp³-hybridized carbons (Fsp3) is 0.143. The summed E-state index contributed by atoms with van der Waals surface area (Å²) in [6.07, 6.45) is 0. The lowest BCUT2D eigenvalue weighted by Crippen LogP contribution is -2.38. The summed E-state index contributed by atoms with van der Waals surface area (Å²) in [6.45, 7) is 3.62. The third-order valence-corrected chi connectivity index (χ3v) is 10.9. The van der Waals surface area contributed by atoms with Crippen LogP contribution in [0.1, 0.15) is 16.7 Å². The molecule has 7 heteroatoms. The SMILES string of the molecule is Cc1ccc(S(=O)(=O)C(Cl)(c2ccccc2)S(=O)(=O)c2ccc(C)cc2)cc1. The van der Waals surface area contributed by atoms with E-state index in [1.54, 1.807) is 42.5 Å². The Bertz CT molecular complexity index is 1110. The van der Waals surface area contributed by atoms with E-state index in [1.165, 1.54) is 36.4 Å². The van der Waals surface area contributed by atoms with Gasteiger partial charge in [-0.1, -0.05) is 77.3 Å². The molecule has 0 unspecified atom stereocenters. The topological polar surface area (TPSA) is 68.3 Å². The van der Waals surface area contributed by atoms with Crippen molar-refractivity contribution >= 4 is 31.3 Å². The Morgan fingerprint density at radius 3 is 1.32 bits per heavy atom. The van der Waals surface area contributed by atoms with Crippen LogP contribution >= 0.6 is 11.6 Å². The first-order chi connectivity index (χ1) is 13.1. The summed E-state index contributed by atoms with van der Waals surface area (Å²) in [6, 6.07) is 19.5. The van der Waals surface area contributed by atoms with Crippen LogP contribution in [0.15, 0.2) is 88.7 Å². The summed E-state index contributed by atoms with van der Waals surface area (Å²) in [5, 5.41) is 0. The number of alkyl halides is 1. The van der Waals surface area contributed by atoms with Crippen molar-refractivity contribution in [2.45, 2.75) is 27.2 Å². The molecule has 0 saturated heterocycles. The van der Waals surface area contributed by atoms with Crippen molar-refractivity contribution in [1.82, 2.24) is 0 Å². The van der Waals surface area contributed by atoms with Gasteiger partial charge in [-0.25, -0.2) is 16.8 Å². The molecule has 3 rings (SSSR count). The fourth-order valence-corrected chi connectivity index (χ4v) is 7.71. The van der Waals surface area contributed by atoms with Gasteiger partial charge >= 0.3 is 0 Å². The zero-order valence-corrected chi connectivity index (χ0v) is 17.7. The maximum atomic E-state index is 13.5. The van der Waals surface area contributed by atoms with Crippen LogP contribution in [-0.4, -0.2) is 16.8 Å². The van der Waals surface area contributed by atoms with E-state index >= 15 is 0 Å². The lowest BCUT2D eigenvalue weighted by atomic mass is 10.2. The quantitative estimate of drug-likeness (QED) is 0.550. The first-order valence-corrected chi connectivity index (χ1v) is 11.8. The van der Waals surface area contributed by atoms with Crippen LogP contribution in [0.25, 0.3) is 0 Å². The first kappa shape index (κ1) is 20.6. The second kappa shape index (κ2) is 7.35. The predicted octanol–water partition coefficient (Wildman–Crippen LogP) is 4.60. The molecule has 3 aromatic rings. The van der Waals surface area contributed by atoms with Gasteiger partial charge in [0.1, 0.15) is 0 Å². The molecule has 0 radical (unpaired) electrons. The lowest BCUT2D eigenvalue weighted by molar-refractivity contribution is 0.569. The van der Waals surface area contributed by atoms with E-state index in [0.29, 0.717) is 0 Å². The summed E-state index contributed by atoms with van der Waals surface area (Å²) in [4.78, 5) is -0.319. The average molecular weight is 435 g/mol. The third kappa shape index (κ3) is 3.26. The molecule has 0 aliphatic carbocycles. The van der Waals surface area contributed by atoms with Gasteiger partial charge in [-0.15, -0.1) is 0 Å². The molecular formula is C21H19ClO4S2. The zero-order valence-electron chi connectivity index (χ0n) is 15.3. The maximum absolute atomic E-state index is 13.5. The van der Waals surface area contributed by atoms with Crippen LogP contribution in [0.4, 0.5) is 0 Å². The smallest absolute Gasteiger partial charge is 0.220 e. The average Bonchev–Trinajstić information content (AvgIpc) is 2.68. The van der Waals surface area contributed by atoms with Gasteiger partial charge in [-0.2, -0.15) is 0 Å². The fourth-order valence-electron chi connectivity index (χ4n) is 2.83. The molecule has 0 saturated carbocycles. The minimum Gasteiger partial charge on any atom is -0.220 e. The van der Waals surface area contributed by atoms with Gasteiger partial charge in [-0.05, 0) is 38.1 Å². The molecule has 4 nitrogen and oxygen atoms in total. The van der Waals surface area contributed by atoms with Gasteiger partial charge in [0.05, 0.1) is 9.79 Å². The Balaban J connectivity index is 2.34. The van der Waals surface area contributed by atoms with Crippen LogP contribution in [0.3, 0.4) is 0 Å². The molecule has 0 aliphatic rings. The molecule has 3 aromatic carbocycles. The van der Waals surface area contributed by atoms with Crippen LogP contribution in [0.5, 0.6) is 0 Å². The van der Waals surface area contributed by atoms with E-state index in [9.17, 15) is 16.8 Å². The van der Waals surface area contributed by atoms with E-state index in [1.807, 2.05) is 13.8 Å². The normalized spacial score (nSPS) is 12.7. The van der Waals surface area contributed by atoms with Gasteiger partial charge < -0.3 is 0 Å².